The maximum absolute atomic E-state index is 2.62. The second-order valence-electron chi connectivity index (χ2n) is 4.13. The summed E-state index contributed by atoms with van der Waals surface area (Å²) >= 11 is 0. The molecule has 2 aliphatic rings. The molecule has 1 nitrogen and oxygen atoms in total. The van der Waals surface area contributed by atoms with Gasteiger partial charge in [-0.2, -0.15) is 0 Å². The Morgan fingerprint density at radius 2 is 2.25 bits per heavy atom. The molecule has 68 valence electrons. The van der Waals surface area contributed by atoms with Gasteiger partial charge in [0.05, 0.1) is 0 Å². The third-order valence-electron chi connectivity index (χ3n) is 3.19. The standard InChI is InChI=1S/C11H19N/c1-10-6-5-9-12(10)11-7-3-2-4-8-11/h7,10H,2-6,8-9H2,1H3/t10-/m1/s1. The monoisotopic (exact) mass is 165 g/mol. The van der Waals surface area contributed by atoms with Crippen LogP contribution in [0.15, 0.2) is 11.8 Å². The molecule has 1 heterocycles. The fraction of sp³-hybridized carbons (Fsp3) is 0.818. The molecule has 0 amide bonds. The van der Waals surface area contributed by atoms with Crippen molar-refractivity contribution in [3.05, 3.63) is 11.8 Å². The highest BCUT2D eigenvalue weighted by Gasteiger charge is 2.22. The number of hydrogen-bond donors (Lipinski definition) is 0. The smallest absolute Gasteiger partial charge is 0.0259 e. The molecule has 1 atom stereocenters. The molecule has 0 bridgehead atoms. The molecule has 1 aliphatic carbocycles. The van der Waals surface area contributed by atoms with E-state index in [9.17, 15) is 0 Å². The number of rotatable bonds is 1. The minimum Gasteiger partial charge on any atom is -0.372 e. The summed E-state index contributed by atoms with van der Waals surface area (Å²) < 4.78 is 0. The van der Waals surface area contributed by atoms with Crippen LogP contribution in [0, 0.1) is 0 Å². The highest BCUT2D eigenvalue weighted by molar-refractivity contribution is 5.07. The third-order valence-corrected chi connectivity index (χ3v) is 3.19. The van der Waals surface area contributed by atoms with E-state index in [1.54, 1.807) is 5.70 Å². The molecule has 0 aromatic carbocycles. The predicted molar refractivity (Wildman–Crippen MR) is 52.0 cm³/mol. The summed E-state index contributed by atoms with van der Waals surface area (Å²) in [5.74, 6) is 0. The Morgan fingerprint density at radius 1 is 1.33 bits per heavy atom. The first-order chi connectivity index (χ1) is 5.88. The fourth-order valence-corrected chi connectivity index (χ4v) is 2.44. The molecule has 0 aromatic heterocycles. The summed E-state index contributed by atoms with van der Waals surface area (Å²) in [5, 5.41) is 0. The Morgan fingerprint density at radius 3 is 2.83 bits per heavy atom. The molecule has 0 spiro atoms. The van der Waals surface area contributed by atoms with Crippen LogP contribution in [0.4, 0.5) is 0 Å². The van der Waals surface area contributed by atoms with Crippen LogP contribution in [0.3, 0.4) is 0 Å². The van der Waals surface area contributed by atoms with Crippen molar-refractivity contribution in [3.8, 4) is 0 Å². The summed E-state index contributed by atoms with van der Waals surface area (Å²) in [6.45, 7) is 3.68. The van der Waals surface area contributed by atoms with Crippen LogP contribution in [0.5, 0.6) is 0 Å². The molecule has 1 saturated heterocycles. The van der Waals surface area contributed by atoms with Gasteiger partial charge in [0.25, 0.3) is 0 Å². The first kappa shape index (κ1) is 8.15. The Bertz CT molecular complexity index is 183. The molecule has 1 fully saturated rings. The normalized spacial score (nSPS) is 30.6. The minimum absolute atomic E-state index is 0.814. The van der Waals surface area contributed by atoms with Crippen molar-refractivity contribution in [2.24, 2.45) is 0 Å². The van der Waals surface area contributed by atoms with Crippen molar-refractivity contribution in [2.75, 3.05) is 6.54 Å². The summed E-state index contributed by atoms with van der Waals surface area (Å²) in [4.78, 5) is 2.62. The molecule has 12 heavy (non-hydrogen) atoms. The van der Waals surface area contributed by atoms with E-state index in [0.29, 0.717) is 0 Å². The first-order valence-electron chi connectivity index (χ1n) is 5.33. The van der Waals surface area contributed by atoms with Gasteiger partial charge in [0.1, 0.15) is 0 Å². The Labute approximate surface area is 75.4 Å². The Hall–Kier alpha value is -0.460. The zero-order valence-corrected chi connectivity index (χ0v) is 8.05. The lowest BCUT2D eigenvalue weighted by atomic mass is 10.0. The van der Waals surface area contributed by atoms with E-state index in [4.69, 9.17) is 0 Å². The van der Waals surface area contributed by atoms with Crippen LogP contribution in [0.1, 0.15) is 45.4 Å². The van der Waals surface area contributed by atoms with E-state index in [1.807, 2.05) is 0 Å². The van der Waals surface area contributed by atoms with E-state index in [0.717, 1.165) is 6.04 Å². The zero-order valence-electron chi connectivity index (χ0n) is 8.05. The van der Waals surface area contributed by atoms with Crippen LogP contribution < -0.4 is 0 Å². The van der Waals surface area contributed by atoms with Crippen molar-refractivity contribution < 1.29 is 0 Å². The second-order valence-corrected chi connectivity index (χ2v) is 4.13. The molecule has 0 saturated carbocycles. The van der Waals surface area contributed by atoms with Gasteiger partial charge in [-0.25, -0.2) is 0 Å². The lowest BCUT2D eigenvalue weighted by molar-refractivity contribution is 0.318. The van der Waals surface area contributed by atoms with Gasteiger partial charge in [-0.15, -0.1) is 0 Å². The molecule has 0 unspecified atom stereocenters. The molecule has 0 N–H and O–H groups in total. The van der Waals surface area contributed by atoms with Gasteiger partial charge in [-0.1, -0.05) is 6.08 Å². The summed E-state index contributed by atoms with van der Waals surface area (Å²) in [6, 6.07) is 0.814. The van der Waals surface area contributed by atoms with Crippen LogP contribution >= 0.6 is 0 Å². The number of likely N-dealkylation sites (tertiary alicyclic amines) is 1. The summed E-state index contributed by atoms with van der Waals surface area (Å²) in [5.41, 5.74) is 1.64. The van der Waals surface area contributed by atoms with Gasteiger partial charge >= 0.3 is 0 Å². The lowest BCUT2D eigenvalue weighted by Gasteiger charge is -2.28. The van der Waals surface area contributed by atoms with Crippen molar-refractivity contribution in [3.63, 3.8) is 0 Å². The van der Waals surface area contributed by atoms with E-state index < -0.39 is 0 Å². The average Bonchev–Trinajstić information content (AvgIpc) is 2.53. The lowest BCUT2D eigenvalue weighted by Crippen LogP contribution is -2.26. The van der Waals surface area contributed by atoms with Crippen LogP contribution in [-0.2, 0) is 0 Å². The van der Waals surface area contributed by atoms with E-state index in [1.165, 1.54) is 45.1 Å². The van der Waals surface area contributed by atoms with Gasteiger partial charge in [-0.3, -0.25) is 0 Å². The maximum Gasteiger partial charge on any atom is 0.0259 e. The van der Waals surface area contributed by atoms with E-state index >= 15 is 0 Å². The SMILES string of the molecule is C[C@@H]1CCCN1C1=CCCCC1. The average molecular weight is 165 g/mol. The fourth-order valence-electron chi connectivity index (χ4n) is 2.44. The highest BCUT2D eigenvalue weighted by Crippen LogP contribution is 2.27. The predicted octanol–water partition coefficient (Wildman–Crippen LogP) is 2.93. The number of nitrogens with zero attached hydrogens (tertiary/aromatic N) is 1. The third kappa shape index (κ3) is 1.50. The Balaban J connectivity index is 2.02. The van der Waals surface area contributed by atoms with Gasteiger partial charge in [0.2, 0.25) is 0 Å². The zero-order chi connectivity index (χ0) is 8.39. The molecular weight excluding hydrogens is 146 g/mol. The highest BCUT2D eigenvalue weighted by atomic mass is 15.2. The topological polar surface area (TPSA) is 3.24 Å². The summed E-state index contributed by atoms with van der Waals surface area (Å²) in [6.07, 6.45) is 10.7. The van der Waals surface area contributed by atoms with Crippen molar-refractivity contribution >= 4 is 0 Å². The Kier molecular flexibility index (Phi) is 2.38. The van der Waals surface area contributed by atoms with Crippen LogP contribution in [-0.4, -0.2) is 17.5 Å². The van der Waals surface area contributed by atoms with Crippen LogP contribution in [0.2, 0.25) is 0 Å². The van der Waals surface area contributed by atoms with Gasteiger partial charge < -0.3 is 4.90 Å². The van der Waals surface area contributed by atoms with E-state index in [-0.39, 0.29) is 0 Å². The van der Waals surface area contributed by atoms with Crippen LogP contribution in [0.25, 0.3) is 0 Å². The van der Waals surface area contributed by atoms with Crippen molar-refractivity contribution in [1.82, 2.24) is 4.90 Å². The summed E-state index contributed by atoms with van der Waals surface area (Å²) in [7, 11) is 0. The van der Waals surface area contributed by atoms with Crippen molar-refractivity contribution in [2.45, 2.75) is 51.5 Å². The van der Waals surface area contributed by atoms with E-state index in [2.05, 4.69) is 17.9 Å². The van der Waals surface area contributed by atoms with Gasteiger partial charge in [0.15, 0.2) is 0 Å². The second kappa shape index (κ2) is 3.51. The number of allylic oxidation sites excluding steroid dienone is 2. The molecule has 1 heteroatoms. The molecule has 1 aliphatic heterocycles. The molecule has 0 radical (unpaired) electrons. The van der Waals surface area contributed by atoms with Gasteiger partial charge in [0, 0.05) is 18.3 Å². The molecule has 0 aromatic rings. The first-order valence-corrected chi connectivity index (χ1v) is 5.33. The molecule has 2 rings (SSSR count). The molecular formula is C11H19N. The minimum atomic E-state index is 0.814. The van der Waals surface area contributed by atoms with Crippen molar-refractivity contribution in [1.29, 1.82) is 0 Å². The largest absolute Gasteiger partial charge is 0.372 e. The number of hydrogen-bond acceptors (Lipinski definition) is 1. The maximum atomic E-state index is 2.62. The quantitative estimate of drug-likeness (QED) is 0.577. The van der Waals surface area contributed by atoms with Gasteiger partial charge in [-0.05, 0) is 45.4 Å².